The van der Waals surface area contributed by atoms with Gasteiger partial charge < -0.3 is 23.0 Å². The third-order valence-electron chi connectivity index (χ3n) is 1.27. The SMILES string of the molecule is Nc1[nH+]c(/C(=N/OCC(F)(F)F)C(=O)Cl)ns1.[Cl-]. The number of hydrogen-bond donors (Lipinski definition) is 1. The van der Waals surface area contributed by atoms with Crippen molar-refractivity contribution in [3.63, 3.8) is 0 Å². The van der Waals surface area contributed by atoms with Crippen LogP contribution in [0.3, 0.4) is 0 Å². The van der Waals surface area contributed by atoms with Crippen LogP contribution in [-0.4, -0.2) is 28.1 Å². The highest BCUT2D eigenvalue weighted by atomic mass is 35.5. The van der Waals surface area contributed by atoms with E-state index in [4.69, 9.17) is 17.3 Å². The van der Waals surface area contributed by atoms with E-state index in [0.717, 1.165) is 11.5 Å². The van der Waals surface area contributed by atoms with E-state index < -0.39 is 23.7 Å². The molecule has 1 aromatic heterocycles. The van der Waals surface area contributed by atoms with Crippen LogP contribution in [0.2, 0.25) is 0 Å². The molecule has 0 atom stereocenters. The molecule has 1 rings (SSSR count). The number of oxime groups is 1. The van der Waals surface area contributed by atoms with Gasteiger partial charge in [0.1, 0.15) is 11.5 Å². The fraction of sp³-hybridized carbons (Fsp3) is 0.333. The molecule has 1 aromatic rings. The molecule has 0 spiro atoms. The Morgan fingerprint density at radius 3 is 2.61 bits per heavy atom. The van der Waals surface area contributed by atoms with Crippen molar-refractivity contribution >= 4 is 39.2 Å². The molecule has 0 unspecified atom stereocenters. The number of nitrogens with two attached hydrogens (primary N) is 1. The third kappa shape index (κ3) is 5.47. The summed E-state index contributed by atoms with van der Waals surface area (Å²) in [5.41, 5.74) is 4.70. The molecule has 0 aliphatic heterocycles. The maximum absolute atomic E-state index is 11.8. The molecule has 18 heavy (non-hydrogen) atoms. The first-order valence-corrected chi connectivity index (χ1v) is 5.06. The van der Waals surface area contributed by atoms with E-state index in [9.17, 15) is 18.0 Å². The standard InChI is InChI=1S/C6H4ClF3N4O2S.ClH/c7-3(15)2(4-12-5(11)17-14-4)13-16-1-6(8,9)10;/h1H2,(H2,11,12,14);1H/b13-2+;. The van der Waals surface area contributed by atoms with Crippen molar-refractivity contribution in [2.24, 2.45) is 5.16 Å². The molecule has 0 fully saturated rings. The third-order valence-corrected chi connectivity index (χ3v) is 2.02. The zero-order valence-corrected chi connectivity index (χ0v) is 10.6. The monoisotopic (exact) mass is 324 g/mol. The lowest BCUT2D eigenvalue weighted by molar-refractivity contribution is -0.359. The fourth-order valence-corrected chi connectivity index (χ4v) is 1.29. The Morgan fingerprint density at radius 2 is 2.22 bits per heavy atom. The zero-order valence-electron chi connectivity index (χ0n) is 8.29. The molecule has 0 radical (unpaired) electrons. The smallest absolute Gasteiger partial charge is 0.425 e. The van der Waals surface area contributed by atoms with Gasteiger partial charge >= 0.3 is 17.1 Å². The first-order chi connectivity index (χ1) is 7.79. The van der Waals surface area contributed by atoms with Gasteiger partial charge in [-0.3, -0.25) is 4.79 Å². The molecule has 0 aromatic carbocycles. The van der Waals surface area contributed by atoms with E-state index in [-0.39, 0.29) is 23.4 Å². The van der Waals surface area contributed by atoms with E-state index in [1.165, 1.54) is 0 Å². The average molecular weight is 325 g/mol. The summed E-state index contributed by atoms with van der Waals surface area (Å²) in [6.45, 7) is -1.64. The van der Waals surface area contributed by atoms with Gasteiger partial charge in [-0.15, -0.1) is 0 Å². The van der Waals surface area contributed by atoms with Gasteiger partial charge in [-0.05, 0) is 16.0 Å². The van der Waals surface area contributed by atoms with Gasteiger partial charge in [-0.2, -0.15) is 13.2 Å². The van der Waals surface area contributed by atoms with Crippen molar-refractivity contribution in [1.82, 2.24) is 4.37 Å². The van der Waals surface area contributed by atoms with Crippen LogP contribution >= 0.6 is 23.1 Å². The lowest BCUT2D eigenvalue weighted by Crippen LogP contribution is -3.00. The van der Waals surface area contributed by atoms with Crippen LogP contribution in [0.4, 0.5) is 18.3 Å². The second-order valence-corrected chi connectivity index (χ2v) is 3.77. The number of carbonyl (C=O) groups is 1. The summed E-state index contributed by atoms with van der Waals surface area (Å²) in [4.78, 5) is 17.2. The number of nitrogens with zero attached hydrogens (tertiary/aromatic N) is 2. The molecular formula is C6H5Cl2F3N4O2S. The first kappa shape index (κ1) is 16.9. The highest BCUT2D eigenvalue weighted by Crippen LogP contribution is 2.14. The van der Waals surface area contributed by atoms with Crippen LogP contribution < -0.4 is 23.1 Å². The van der Waals surface area contributed by atoms with Gasteiger partial charge in [-0.25, -0.2) is 4.98 Å². The van der Waals surface area contributed by atoms with Gasteiger partial charge in [-0.1, -0.05) is 5.16 Å². The number of anilines is 1. The Kier molecular flexibility index (Phi) is 6.29. The number of carbonyl (C=O) groups excluding carboxylic acids is 1. The quantitative estimate of drug-likeness (QED) is 0.379. The summed E-state index contributed by atoms with van der Waals surface area (Å²) in [7, 11) is 0. The van der Waals surface area contributed by atoms with Crippen LogP contribution in [-0.2, 0) is 9.63 Å². The van der Waals surface area contributed by atoms with Crippen LogP contribution in [0.15, 0.2) is 5.16 Å². The second-order valence-electron chi connectivity index (χ2n) is 2.62. The highest BCUT2D eigenvalue weighted by Gasteiger charge is 2.29. The lowest BCUT2D eigenvalue weighted by Gasteiger charge is -2.03. The summed E-state index contributed by atoms with van der Waals surface area (Å²) < 4.78 is 38.9. The molecule has 0 aliphatic rings. The molecule has 1 heterocycles. The van der Waals surface area contributed by atoms with E-state index in [1.807, 2.05) is 0 Å². The molecule has 0 amide bonds. The molecule has 3 N–H and O–H groups in total. The van der Waals surface area contributed by atoms with Crippen molar-refractivity contribution in [2.45, 2.75) is 6.18 Å². The van der Waals surface area contributed by atoms with Gasteiger partial charge in [0, 0.05) is 0 Å². The summed E-state index contributed by atoms with van der Waals surface area (Å²) in [6, 6.07) is 0. The molecule has 102 valence electrons. The topological polar surface area (TPSA) is 91.7 Å². The van der Waals surface area contributed by atoms with E-state index >= 15 is 0 Å². The van der Waals surface area contributed by atoms with Gasteiger partial charge in [0.05, 0.1) is 0 Å². The van der Waals surface area contributed by atoms with Crippen molar-refractivity contribution < 1.29 is 40.2 Å². The number of nitrogens with one attached hydrogen (secondary N) is 1. The average Bonchev–Trinajstić information content (AvgIpc) is 2.57. The minimum atomic E-state index is -4.56. The molecule has 0 saturated heterocycles. The van der Waals surface area contributed by atoms with Crippen LogP contribution in [0.5, 0.6) is 0 Å². The molecule has 0 saturated carbocycles. The van der Waals surface area contributed by atoms with Gasteiger partial charge in [0.2, 0.25) is 12.3 Å². The summed E-state index contributed by atoms with van der Waals surface area (Å²) in [6.07, 6.45) is -4.56. The minimum absolute atomic E-state index is 0. The summed E-state index contributed by atoms with van der Waals surface area (Å²) >= 11 is 5.90. The van der Waals surface area contributed by atoms with Crippen LogP contribution in [0.25, 0.3) is 0 Å². The van der Waals surface area contributed by atoms with Gasteiger partial charge in [0.15, 0.2) is 0 Å². The summed E-state index contributed by atoms with van der Waals surface area (Å²) in [5.74, 6) is -0.158. The van der Waals surface area contributed by atoms with Crippen molar-refractivity contribution in [3.8, 4) is 0 Å². The number of alkyl halides is 3. The van der Waals surface area contributed by atoms with Crippen LogP contribution in [0, 0.1) is 0 Å². The Morgan fingerprint density at radius 1 is 1.61 bits per heavy atom. The first-order valence-electron chi connectivity index (χ1n) is 3.91. The number of aromatic nitrogens is 2. The number of nitrogen functional groups attached to an aromatic ring is 1. The normalized spacial score (nSPS) is 11.9. The second kappa shape index (κ2) is 6.71. The molecular weight excluding hydrogens is 320 g/mol. The number of rotatable bonds is 4. The zero-order chi connectivity index (χ0) is 13.1. The number of H-pyrrole nitrogens is 1. The Hall–Kier alpha value is -1.13. The number of aromatic amines is 1. The van der Waals surface area contributed by atoms with Crippen molar-refractivity contribution in [3.05, 3.63) is 5.82 Å². The predicted octanol–water partition coefficient (Wildman–Crippen LogP) is -2.41. The van der Waals surface area contributed by atoms with Crippen molar-refractivity contribution in [1.29, 1.82) is 0 Å². The fourth-order valence-electron chi connectivity index (χ4n) is 0.702. The lowest BCUT2D eigenvalue weighted by atomic mass is 10.4. The number of hydrogen-bond acceptors (Lipinski definition) is 6. The van der Waals surface area contributed by atoms with E-state index in [1.54, 1.807) is 0 Å². The van der Waals surface area contributed by atoms with Crippen LogP contribution in [0.1, 0.15) is 5.82 Å². The molecule has 0 aliphatic carbocycles. The predicted molar refractivity (Wildman–Crippen MR) is 52.5 cm³/mol. The van der Waals surface area contributed by atoms with Gasteiger partial charge in [0.25, 0.3) is 5.24 Å². The minimum Gasteiger partial charge on any atom is -1.00 e. The maximum atomic E-state index is 11.8. The highest BCUT2D eigenvalue weighted by molar-refractivity contribution is 7.09. The molecule has 0 bridgehead atoms. The van der Waals surface area contributed by atoms with E-state index in [0.29, 0.717) is 0 Å². The number of halogens is 5. The Labute approximate surface area is 114 Å². The summed E-state index contributed by atoms with van der Waals surface area (Å²) in [5, 5.41) is 1.99. The largest absolute Gasteiger partial charge is 1.00 e. The van der Waals surface area contributed by atoms with E-state index in [2.05, 4.69) is 19.4 Å². The Balaban J connectivity index is 0.00000289. The Bertz CT molecular complexity index is 450. The molecule has 12 heteroatoms. The maximum Gasteiger partial charge on any atom is 0.425 e. The molecule has 6 nitrogen and oxygen atoms in total. The van der Waals surface area contributed by atoms with Crippen molar-refractivity contribution in [2.75, 3.05) is 12.3 Å².